The van der Waals surface area contributed by atoms with Gasteiger partial charge in [-0.05, 0) is 42.1 Å². The van der Waals surface area contributed by atoms with Crippen molar-refractivity contribution in [2.45, 2.75) is 18.3 Å². The fourth-order valence-corrected chi connectivity index (χ4v) is 3.06. The van der Waals surface area contributed by atoms with E-state index in [1.807, 2.05) is 6.07 Å². The van der Waals surface area contributed by atoms with E-state index in [0.717, 1.165) is 5.56 Å². The second-order valence-corrected chi connectivity index (χ2v) is 6.25. The fourth-order valence-electron chi connectivity index (χ4n) is 2.94. The summed E-state index contributed by atoms with van der Waals surface area (Å²) in [6.07, 6.45) is 1.40. The number of hydrogen-bond donors (Lipinski definition) is 1. The van der Waals surface area contributed by atoms with Crippen LogP contribution in [0.5, 0.6) is 0 Å². The molecule has 0 bridgehead atoms. The smallest absolute Gasteiger partial charge is 0.291 e. The number of nitrogens with one attached hydrogen (secondary N) is 1. The molecule has 0 unspecified atom stereocenters. The molecule has 1 aromatic heterocycles. The van der Waals surface area contributed by atoms with Crippen molar-refractivity contribution in [3.8, 4) is 0 Å². The quantitative estimate of drug-likeness (QED) is 0.914. The van der Waals surface area contributed by atoms with Crippen LogP contribution in [-0.4, -0.2) is 40.4 Å². The maximum atomic E-state index is 13.6. The predicted molar refractivity (Wildman–Crippen MR) is 86.5 cm³/mol. The van der Waals surface area contributed by atoms with Crippen molar-refractivity contribution in [1.82, 2.24) is 20.1 Å². The van der Waals surface area contributed by atoms with Crippen LogP contribution in [0.4, 0.5) is 4.39 Å². The number of benzene rings is 1. The molecule has 1 aliphatic heterocycles. The summed E-state index contributed by atoms with van der Waals surface area (Å²) in [5, 5.41) is 6.96. The van der Waals surface area contributed by atoms with Crippen LogP contribution in [0, 0.1) is 5.82 Å². The average molecular weight is 353 g/mol. The number of aryl methyl sites for hydroxylation is 1. The second kappa shape index (κ2) is 6.86. The van der Waals surface area contributed by atoms with E-state index in [4.69, 9.17) is 16.3 Å². The summed E-state index contributed by atoms with van der Waals surface area (Å²) in [5.74, 6) is -0.674. The Labute approximate surface area is 144 Å². The molecule has 0 spiro atoms. The van der Waals surface area contributed by atoms with E-state index in [9.17, 15) is 9.18 Å². The Hall–Kier alpha value is -1.99. The Balaban J connectivity index is 1.79. The summed E-state index contributed by atoms with van der Waals surface area (Å²) in [6.45, 7) is 1.49. The molecule has 1 N–H and O–H groups in total. The average Bonchev–Trinajstić information content (AvgIpc) is 2.93. The lowest BCUT2D eigenvalue weighted by molar-refractivity contribution is 0.0485. The SMILES string of the molecule is Cn1nc(C(=O)NCC2(c3cccc(F)c3)CCOCC2)nc1Cl. The highest BCUT2D eigenvalue weighted by Crippen LogP contribution is 2.34. The van der Waals surface area contributed by atoms with Crippen LogP contribution in [0.3, 0.4) is 0 Å². The van der Waals surface area contributed by atoms with Gasteiger partial charge in [0.1, 0.15) is 5.82 Å². The molecule has 1 saturated heterocycles. The van der Waals surface area contributed by atoms with Gasteiger partial charge < -0.3 is 10.1 Å². The van der Waals surface area contributed by atoms with Crippen LogP contribution in [0.25, 0.3) is 0 Å². The van der Waals surface area contributed by atoms with E-state index in [2.05, 4.69) is 15.4 Å². The summed E-state index contributed by atoms with van der Waals surface area (Å²) < 4.78 is 20.4. The predicted octanol–water partition coefficient (Wildman–Crippen LogP) is 2.09. The molecule has 0 radical (unpaired) electrons. The highest BCUT2D eigenvalue weighted by molar-refractivity contribution is 6.28. The van der Waals surface area contributed by atoms with E-state index in [1.165, 1.54) is 16.8 Å². The van der Waals surface area contributed by atoms with E-state index in [-0.39, 0.29) is 22.3 Å². The van der Waals surface area contributed by atoms with Crippen LogP contribution in [-0.2, 0) is 17.2 Å². The standard InChI is InChI=1S/C16H18ClFN4O2/c1-22-15(17)20-13(21-22)14(23)19-10-16(5-7-24-8-6-16)11-3-2-4-12(18)9-11/h2-4,9H,5-8,10H2,1H3,(H,19,23). The molecule has 1 aliphatic rings. The van der Waals surface area contributed by atoms with Crippen molar-refractivity contribution >= 4 is 17.5 Å². The largest absolute Gasteiger partial charge is 0.381 e. The molecular formula is C16H18ClFN4O2. The first-order valence-electron chi connectivity index (χ1n) is 7.69. The molecule has 0 aliphatic carbocycles. The van der Waals surface area contributed by atoms with Gasteiger partial charge in [-0.2, -0.15) is 4.98 Å². The maximum Gasteiger partial charge on any atom is 0.291 e. The normalized spacial score (nSPS) is 16.8. The summed E-state index contributed by atoms with van der Waals surface area (Å²) >= 11 is 5.81. The zero-order valence-electron chi connectivity index (χ0n) is 13.3. The maximum absolute atomic E-state index is 13.6. The van der Waals surface area contributed by atoms with E-state index >= 15 is 0 Å². The van der Waals surface area contributed by atoms with Crippen LogP contribution in [0.1, 0.15) is 29.0 Å². The minimum atomic E-state index is -0.403. The summed E-state index contributed by atoms with van der Waals surface area (Å²) in [4.78, 5) is 16.2. The van der Waals surface area contributed by atoms with Crippen LogP contribution in [0.2, 0.25) is 5.28 Å². The molecule has 128 valence electrons. The van der Waals surface area contributed by atoms with Crippen LogP contribution in [0.15, 0.2) is 24.3 Å². The third-order valence-corrected chi connectivity index (χ3v) is 4.72. The van der Waals surface area contributed by atoms with E-state index in [0.29, 0.717) is 32.6 Å². The first kappa shape index (κ1) is 16.9. The Bertz CT molecular complexity index is 724. The molecule has 1 fully saturated rings. The second-order valence-electron chi connectivity index (χ2n) is 5.91. The van der Waals surface area contributed by atoms with Gasteiger partial charge in [-0.15, -0.1) is 5.10 Å². The number of carbonyl (C=O) groups is 1. The van der Waals surface area contributed by atoms with Gasteiger partial charge in [0.2, 0.25) is 11.1 Å². The first-order valence-corrected chi connectivity index (χ1v) is 8.06. The molecular weight excluding hydrogens is 335 g/mol. The van der Waals surface area contributed by atoms with Crippen LogP contribution < -0.4 is 5.32 Å². The summed E-state index contributed by atoms with van der Waals surface area (Å²) in [6, 6.07) is 6.50. The number of carbonyl (C=O) groups excluding carboxylic acids is 1. The monoisotopic (exact) mass is 352 g/mol. The molecule has 6 nitrogen and oxygen atoms in total. The Morgan fingerprint density at radius 1 is 1.46 bits per heavy atom. The lowest BCUT2D eigenvalue weighted by Gasteiger charge is -2.37. The van der Waals surface area contributed by atoms with Crippen LogP contribution >= 0.6 is 11.6 Å². The lowest BCUT2D eigenvalue weighted by Crippen LogP contribution is -2.44. The van der Waals surface area contributed by atoms with Crippen molar-refractivity contribution in [2.75, 3.05) is 19.8 Å². The first-order chi connectivity index (χ1) is 11.5. The highest BCUT2D eigenvalue weighted by Gasteiger charge is 2.35. The molecule has 1 amide bonds. The molecule has 8 heteroatoms. The lowest BCUT2D eigenvalue weighted by atomic mass is 9.74. The Morgan fingerprint density at radius 2 is 2.21 bits per heavy atom. The van der Waals surface area contributed by atoms with Gasteiger partial charge in [0, 0.05) is 32.2 Å². The number of nitrogens with zero attached hydrogens (tertiary/aromatic N) is 3. The van der Waals surface area contributed by atoms with Crippen molar-refractivity contribution in [1.29, 1.82) is 0 Å². The molecule has 0 atom stereocenters. The number of hydrogen-bond acceptors (Lipinski definition) is 4. The van der Waals surface area contributed by atoms with Crippen molar-refractivity contribution in [3.05, 3.63) is 46.8 Å². The van der Waals surface area contributed by atoms with Crippen molar-refractivity contribution < 1.29 is 13.9 Å². The number of amides is 1. The van der Waals surface area contributed by atoms with Gasteiger partial charge in [0.05, 0.1) is 0 Å². The summed E-state index contributed by atoms with van der Waals surface area (Å²) in [5.41, 5.74) is 0.493. The summed E-state index contributed by atoms with van der Waals surface area (Å²) in [7, 11) is 1.61. The molecule has 1 aromatic carbocycles. The van der Waals surface area contributed by atoms with Crippen molar-refractivity contribution in [3.63, 3.8) is 0 Å². The molecule has 24 heavy (non-hydrogen) atoms. The minimum absolute atomic E-state index is 0.0175. The van der Waals surface area contributed by atoms with Gasteiger partial charge in [0.15, 0.2) is 0 Å². The highest BCUT2D eigenvalue weighted by atomic mass is 35.5. The molecule has 3 rings (SSSR count). The Morgan fingerprint density at radius 3 is 2.83 bits per heavy atom. The number of halogens is 2. The minimum Gasteiger partial charge on any atom is -0.381 e. The van der Waals surface area contributed by atoms with Gasteiger partial charge in [-0.3, -0.25) is 4.79 Å². The van der Waals surface area contributed by atoms with Gasteiger partial charge >= 0.3 is 0 Å². The third-order valence-electron chi connectivity index (χ3n) is 4.39. The molecule has 2 aromatic rings. The van der Waals surface area contributed by atoms with E-state index < -0.39 is 5.91 Å². The van der Waals surface area contributed by atoms with Gasteiger partial charge in [-0.1, -0.05) is 12.1 Å². The van der Waals surface area contributed by atoms with Gasteiger partial charge in [0.25, 0.3) is 5.91 Å². The zero-order chi connectivity index (χ0) is 17.2. The number of aromatic nitrogens is 3. The van der Waals surface area contributed by atoms with E-state index in [1.54, 1.807) is 13.1 Å². The van der Waals surface area contributed by atoms with Crippen molar-refractivity contribution in [2.24, 2.45) is 7.05 Å². The third kappa shape index (κ3) is 3.42. The molecule has 0 saturated carbocycles. The van der Waals surface area contributed by atoms with Gasteiger partial charge in [-0.25, -0.2) is 9.07 Å². The zero-order valence-corrected chi connectivity index (χ0v) is 14.0. The number of ether oxygens (including phenoxy) is 1. The topological polar surface area (TPSA) is 69.0 Å². The molecule has 2 heterocycles. The fraction of sp³-hybridized carbons (Fsp3) is 0.438. The number of rotatable bonds is 4. The Kier molecular flexibility index (Phi) is 4.82.